The fourth-order valence-electron chi connectivity index (χ4n) is 5.29. The Kier molecular flexibility index (Phi) is 9.27. The Hall–Kier alpha value is -4.82. The van der Waals surface area contributed by atoms with Gasteiger partial charge in [-0.15, -0.1) is 0 Å². The van der Waals surface area contributed by atoms with Gasteiger partial charge in [-0.05, 0) is 78.2 Å². The van der Waals surface area contributed by atoms with Gasteiger partial charge in [-0.25, -0.2) is 4.79 Å². The minimum atomic E-state index is -0.879. The molecule has 1 fully saturated rings. The first-order valence-corrected chi connectivity index (χ1v) is 14.1. The second-order valence-electron chi connectivity index (χ2n) is 10.6. The first-order valence-electron chi connectivity index (χ1n) is 14.1. The van der Waals surface area contributed by atoms with Crippen molar-refractivity contribution in [3.05, 3.63) is 119 Å². The summed E-state index contributed by atoms with van der Waals surface area (Å²) in [6, 6.07) is 28.4. The van der Waals surface area contributed by atoms with Crippen LogP contribution in [0.1, 0.15) is 40.1 Å². The molecule has 2 aliphatic rings. The molecule has 1 saturated heterocycles. The van der Waals surface area contributed by atoms with Gasteiger partial charge in [-0.3, -0.25) is 9.29 Å². The monoisotopic (exact) mass is 583 g/mol. The smallest absolute Gasteiger partial charge is 0.335 e. The number of nitrogens with zero attached hydrogens (tertiary/aromatic N) is 1. The highest BCUT2D eigenvalue weighted by molar-refractivity contribution is 5.96. The van der Waals surface area contributed by atoms with Crippen molar-refractivity contribution >= 4 is 17.1 Å². The molecule has 0 amide bonds. The number of aromatic carboxylic acids is 1. The summed E-state index contributed by atoms with van der Waals surface area (Å²) in [5.74, 6) is 1.13. The molecule has 7 nitrogen and oxygen atoms in total. The Morgan fingerprint density at radius 1 is 0.930 bits per heavy atom. The molecule has 6 rings (SSSR count). The molecule has 2 heterocycles. The second-order valence-corrected chi connectivity index (χ2v) is 10.6. The van der Waals surface area contributed by atoms with Gasteiger partial charge in [0.25, 0.3) is 0 Å². The van der Waals surface area contributed by atoms with Crippen molar-refractivity contribution in [2.75, 3.05) is 32.9 Å². The van der Waals surface area contributed by atoms with E-state index >= 15 is 0 Å². The first kappa shape index (κ1) is 29.7. The van der Waals surface area contributed by atoms with Gasteiger partial charge in [-0.2, -0.15) is 0 Å². The summed E-state index contributed by atoms with van der Waals surface area (Å²) in [5.41, 5.74) is 4.89. The van der Waals surface area contributed by atoms with Gasteiger partial charge in [0.1, 0.15) is 35.7 Å². The summed E-state index contributed by atoms with van der Waals surface area (Å²) in [6.07, 6.45) is -0.383. The highest BCUT2D eigenvalue weighted by atomic mass is 19.1. The van der Waals surface area contributed by atoms with E-state index in [1.807, 2.05) is 43.3 Å². The van der Waals surface area contributed by atoms with Gasteiger partial charge in [-0.1, -0.05) is 42.5 Å². The summed E-state index contributed by atoms with van der Waals surface area (Å²) < 4.78 is 24.9. The molecule has 2 aliphatic heterocycles. The fourth-order valence-corrected chi connectivity index (χ4v) is 5.29. The number of carboxylic acid groups (broad SMARTS) is 1. The molecule has 1 unspecified atom stereocenters. The number of ether oxygens (including phenoxy) is 2. The number of hydrogen-bond donors (Lipinski definition) is 3. The molecule has 222 valence electrons. The number of benzene rings is 4. The largest absolute Gasteiger partial charge is 0.508 e. The van der Waals surface area contributed by atoms with Crippen LogP contribution in [0.4, 0.5) is 4.39 Å². The average Bonchev–Trinajstić information content (AvgIpc) is 2.99. The van der Waals surface area contributed by atoms with Crippen LogP contribution in [0.25, 0.3) is 11.1 Å². The predicted octanol–water partition coefficient (Wildman–Crippen LogP) is 6.83. The van der Waals surface area contributed by atoms with E-state index in [0.29, 0.717) is 17.9 Å². The molecular weight excluding hydrogens is 549 g/mol. The number of halogens is 1. The predicted molar refractivity (Wildman–Crippen MR) is 163 cm³/mol. The Bertz CT molecular complexity index is 1580. The Balaban J connectivity index is 0.000000351. The summed E-state index contributed by atoms with van der Waals surface area (Å²) in [6.45, 7) is 4.72. The Morgan fingerprint density at radius 2 is 1.65 bits per heavy atom. The van der Waals surface area contributed by atoms with Crippen LogP contribution in [0.3, 0.4) is 0 Å². The van der Waals surface area contributed by atoms with Crippen molar-refractivity contribution in [3.8, 4) is 23.0 Å². The van der Waals surface area contributed by atoms with Gasteiger partial charge in [0.2, 0.25) is 0 Å². The van der Waals surface area contributed by atoms with Gasteiger partial charge in [0.05, 0.1) is 12.2 Å². The summed E-state index contributed by atoms with van der Waals surface area (Å²) in [7, 11) is 0. The standard InChI is InChI=1S/C28H28FNO4.C7H6O2/c1-18-25-14-23(32)7-10-26(25)34-28(27(18)21-3-2-4-22(31)13-21)20-5-8-24(9-6-20)33-12-11-30-16-19(15-29)17-30;8-7(9)6-4-2-1-3-5-6/h2-10,13-14,19,28,31-32H,11-12,15-17H2,1H3;1-5H,(H,8,9). The van der Waals surface area contributed by atoms with Crippen LogP contribution >= 0.6 is 0 Å². The summed E-state index contributed by atoms with van der Waals surface area (Å²) in [4.78, 5) is 12.4. The molecular formula is C35H34FNO6. The zero-order valence-corrected chi connectivity index (χ0v) is 23.8. The number of allylic oxidation sites excluding steroid dienone is 1. The third kappa shape index (κ3) is 7.16. The minimum absolute atomic E-state index is 0.176. The van der Waals surface area contributed by atoms with Crippen LogP contribution in [-0.4, -0.2) is 59.1 Å². The molecule has 0 saturated carbocycles. The van der Waals surface area contributed by atoms with Crippen LogP contribution in [0, 0.1) is 5.92 Å². The number of carboxylic acids is 1. The van der Waals surface area contributed by atoms with Gasteiger partial charge < -0.3 is 24.8 Å². The highest BCUT2D eigenvalue weighted by Gasteiger charge is 2.30. The second kappa shape index (κ2) is 13.4. The lowest BCUT2D eigenvalue weighted by molar-refractivity contribution is 0.0668. The zero-order valence-electron chi connectivity index (χ0n) is 23.8. The molecule has 0 bridgehead atoms. The fraction of sp³-hybridized carbons (Fsp3) is 0.229. The third-order valence-electron chi connectivity index (χ3n) is 7.57. The summed E-state index contributed by atoms with van der Waals surface area (Å²) >= 11 is 0. The molecule has 0 radical (unpaired) electrons. The normalized spacial score (nSPS) is 16.3. The molecule has 43 heavy (non-hydrogen) atoms. The van der Waals surface area contributed by atoms with Crippen molar-refractivity contribution in [2.45, 2.75) is 13.0 Å². The van der Waals surface area contributed by atoms with Crippen LogP contribution < -0.4 is 9.47 Å². The van der Waals surface area contributed by atoms with E-state index in [1.165, 1.54) is 0 Å². The SMILES string of the molecule is CC1=C(c2cccc(O)c2)C(c2ccc(OCCN3CC(CF)C3)cc2)Oc2ccc(O)cc21.O=C(O)c1ccccc1. The maximum absolute atomic E-state index is 12.6. The molecule has 3 N–H and O–H groups in total. The molecule has 0 aliphatic carbocycles. The maximum Gasteiger partial charge on any atom is 0.335 e. The number of rotatable bonds is 8. The van der Waals surface area contributed by atoms with Gasteiger partial charge in [0.15, 0.2) is 0 Å². The number of phenolic OH excluding ortho intramolecular Hbond substituents is 2. The number of fused-ring (bicyclic) bond motifs is 1. The number of hydrogen-bond acceptors (Lipinski definition) is 6. The molecule has 1 atom stereocenters. The first-order chi connectivity index (χ1) is 20.8. The van der Waals surface area contributed by atoms with Crippen molar-refractivity contribution < 1.29 is 34.0 Å². The third-order valence-corrected chi connectivity index (χ3v) is 7.57. The van der Waals surface area contributed by atoms with E-state index < -0.39 is 5.97 Å². The van der Waals surface area contributed by atoms with Gasteiger partial charge >= 0.3 is 5.97 Å². The molecule has 0 spiro atoms. The lowest BCUT2D eigenvalue weighted by Crippen LogP contribution is -2.49. The van der Waals surface area contributed by atoms with Crippen molar-refractivity contribution in [1.82, 2.24) is 4.90 Å². The lowest BCUT2D eigenvalue weighted by atomic mass is 9.86. The van der Waals surface area contributed by atoms with Crippen molar-refractivity contribution in [2.24, 2.45) is 5.92 Å². The van der Waals surface area contributed by atoms with E-state index in [9.17, 15) is 19.4 Å². The average molecular weight is 584 g/mol. The van der Waals surface area contributed by atoms with E-state index in [2.05, 4.69) is 4.90 Å². The lowest BCUT2D eigenvalue weighted by Gasteiger charge is -2.37. The van der Waals surface area contributed by atoms with Crippen molar-refractivity contribution in [3.63, 3.8) is 0 Å². The maximum atomic E-state index is 12.6. The molecule has 4 aromatic rings. The van der Waals surface area contributed by atoms with E-state index in [1.54, 1.807) is 60.7 Å². The van der Waals surface area contributed by atoms with Crippen molar-refractivity contribution in [1.29, 1.82) is 0 Å². The quantitative estimate of drug-likeness (QED) is 0.209. The number of aromatic hydroxyl groups is 2. The number of carbonyl (C=O) groups is 1. The Labute approximate surface area is 250 Å². The highest BCUT2D eigenvalue weighted by Crippen LogP contribution is 2.47. The van der Waals surface area contributed by atoms with E-state index in [0.717, 1.165) is 53.2 Å². The number of likely N-dealkylation sites (tertiary alicyclic amines) is 1. The number of alkyl halides is 1. The van der Waals surface area contributed by atoms with Crippen LogP contribution in [0.5, 0.6) is 23.0 Å². The minimum Gasteiger partial charge on any atom is -0.508 e. The van der Waals surface area contributed by atoms with E-state index in [-0.39, 0.29) is 30.2 Å². The Morgan fingerprint density at radius 3 is 2.30 bits per heavy atom. The molecule has 8 heteroatoms. The molecule has 4 aromatic carbocycles. The number of phenols is 2. The zero-order chi connectivity index (χ0) is 30.3. The van der Waals surface area contributed by atoms with Crippen LogP contribution in [0.2, 0.25) is 0 Å². The van der Waals surface area contributed by atoms with Gasteiger partial charge in [0, 0.05) is 36.7 Å². The van der Waals surface area contributed by atoms with Crippen LogP contribution in [-0.2, 0) is 0 Å². The van der Waals surface area contributed by atoms with Crippen LogP contribution in [0.15, 0.2) is 97.1 Å². The summed E-state index contributed by atoms with van der Waals surface area (Å²) in [5, 5.41) is 28.5. The topological polar surface area (TPSA) is 99.5 Å². The molecule has 0 aromatic heterocycles. The van der Waals surface area contributed by atoms with E-state index in [4.69, 9.17) is 14.6 Å².